The molecule has 1 radical (unpaired) electrons. The van der Waals surface area contributed by atoms with E-state index in [9.17, 15) is 5.11 Å². The Bertz CT molecular complexity index is 233. The second kappa shape index (κ2) is 1.98. The van der Waals surface area contributed by atoms with E-state index in [-0.39, 0.29) is 5.75 Å². The Balaban J connectivity index is 3.31. The van der Waals surface area contributed by atoms with Crippen molar-refractivity contribution < 1.29 is 20.4 Å². The molecule has 0 aromatic heterocycles. The van der Waals surface area contributed by atoms with Gasteiger partial charge in [0.25, 0.3) is 5.75 Å². The first kappa shape index (κ1) is 6.54. The van der Waals surface area contributed by atoms with Crippen molar-refractivity contribution in [1.29, 1.82) is 0 Å². The van der Waals surface area contributed by atoms with E-state index in [1.165, 1.54) is 0 Å². The van der Waals surface area contributed by atoms with Crippen LogP contribution in [-0.4, -0.2) is 15.3 Å². The molecule has 0 aliphatic carbocycles. The second-order valence-electron chi connectivity index (χ2n) is 1.81. The third-order valence-corrected chi connectivity index (χ3v) is 1.03. The highest BCUT2D eigenvalue weighted by atomic mass is 16.3. The van der Waals surface area contributed by atoms with Crippen molar-refractivity contribution in [3.63, 3.8) is 0 Å². The number of phenolic OH excluding ortho intramolecular Hbond substituents is 3. The van der Waals surface area contributed by atoms with Crippen LogP contribution in [0.5, 0.6) is 23.0 Å². The average molecular weight is 141 g/mol. The van der Waals surface area contributed by atoms with E-state index in [0.29, 0.717) is 0 Å². The van der Waals surface area contributed by atoms with E-state index in [1.54, 1.807) is 0 Å². The lowest BCUT2D eigenvalue weighted by Crippen LogP contribution is -1.69. The van der Waals surface area contributed by atoms with Crippen LogP contribution in [0.2, 0.25) is 0 Å². The Kier molecular flexibility index (Phi) is 1.30. The smallest absolute Gasteiger partial charge is 0.261 e. The number of aromatic hydroxyl groups is 3. The Hall–Kier alpha value is -1.58. The van der Waals surface area contributed by atoms with Gasteiger partial charge in [0.15, 0.2) is 11.5 Å². The summed E-state index contributed by atoms with van der Waals surface area (Å²) < 4.78 is 0. The van der Waals surface area contributed by atoms with E-state index in [2.05, 4.69) is 0 Å². The van der Waals surface area contributed by atoms with Crippen LogP contribution in [0.1, 0.15) is 0 Å². The largest absolute Gasteiger partial charge is 0.508 e. The number of benzene rings is 1. The van der Waals surface area contributed by atoms with Gasteiger partial charge >= 0.3 is 0 Å². The van der Waals surface area contributed by atoms with Crippen LogP contribution in [0.4, 0.5) is 0 Å². The average Bonchev–Trinajstić information content (AvgIpc) is 1.82. The Morgan fingerprint density at radius 3 is 1.80 bits per heavy atom. The molecule has 1 aromatic rings. The molecular weight excluding hydrogens is 136 g/mol. The number of hydrogen-bond donors (Lipinski definition) is 3. The minimum absolute atomic E-state index is 0.338. The molecule has 0 bridgehead atoms. The monoisotopic (exact) mass is 141 g/mol. The van der Waals surface area contributed by atoms with Gasteiger partial charge in [-0.15, -0.1) is 0 Å². The molecule has 0 spiro atoms. The third-order valence-electron chi connectivity index (χ3n) is 1.03. The van der Waals surface area contributed by atoms with Crippen LogP contribution in [-0.2, 0) is 5.11 Å². The molecule has 1 aromatic carbocycles. The molecule has 0 aliphatic rings. The van der Waals surface area contributed by atoms with Crippen molar-refractivity contribution in [1.82, 2.24) is 0 Å². The third kappa shape index (κ3) is 0.907. The summed E-state index contributed by atoms with van der Waals surface area (Å²) in [4.78, 5) is 0. The molecule has 0 fully saturated rings. The fraction of sp³-hybridized carbons (Fsp3) is 0. The zero-order chi connectivity index (χ0) is 7.72. The molecule has 10 heavy (non-hydrogen) atoms. The molecule has 4 heteroatoms. The van der Waals surface area contributed by atoms with Gasteiger partial charge < -0.3 is 15.3 Å². The van der Waals surface area contributed by atoms with Crippen molar-refractivity contribution in [3.05, 3.63) is 12.1 Å². The number of hydrogen-bond acceptors (Lipinski definition) is 3. The molecule has 0 unspecified atom stereocenters. The zero-order valence-electron chi connectivity index (χ0n) is 4.90. The van der Waals surface area contributed by atoms with Gasteiger partial charge in [-0.3, -0.25) is 5.11 Å². The van der Waals surface area contributed by atoms with Crippen LogP contribution in [0.15, 0.2) is 12.1 Å². The highest BCUT2D eigenvalue weighted by Crippen LogP contribution is 2.38. The molecule has 4 nitrogen and oxygen atoms in total. The SMILES string of the molecule is [O]c1c(O)cc(O)cc1O. The molecule has 53 valence electrons. The summed E-state index contributed by atoms with van der Waals surface area (Å²) in [6, 6.07) is 1.73. The molecule has 0 atom stereocenters. The van der Waals surface area contributed by atoms with Crippen molar-refractivity contribution in [3.8, 4) is 23.0 Å². The van der Waals surface area contributed by atoms with Crippen molar-refractivity contribution in [2.75, 3.05) is 0 Å². The summed E-state index contributed by atoms with van der Waals surface area (Å²) in [6.07, 6.45) is 0. The molecule has 0 heterocycles. The van der Waals surface area contributed by atoms with Crippen LogP contribution >= 0.6 is 0 Å². The molecule has 0 amide bonds. The first-order chi connectivity index (χ1) is 4.61. The molecule has 0 saturated heterocycles. The summed E-state index contributed by atoms with van der Waals surface area (Å²) in [5.74, 6) is -2.53. The van der Waals surface area contributed by atoms with Gasteiger partial charge in [0.05, 0.1) is 0 Å². The van der Waals surface area contributed by atoms with E-state index in [0.717, 1.165) is 12.1 Å². The van der Waals surface area contributed by atoms with Crippen LogP contribution < -0.4 is 0 Å². The predicted octanol–water partition coefficient (Wildman–Crippen LogP) is 0.947. The summed E-state index contributed by atoms with van der Waals surface area (Å²) in [7, 11) is 0. The lowest BCUT2D eigenvalue weighted by Gasteiger charge is -1.97. The maximum absolute atomic E-state index is 10.5. The second-order valence-corrected chi connectivity index (χ2v) is 1.81. The Labute approximate surface area is 56.6 Å². The molecular formula is C6H5O4. The van der Waals surface area contributed by atoms with Gasteiger partial charge in [-0.25, -0.2) is 0 Å². The molecule has 1 rings (SSSR count). The van der Waals surface area contributed by atoms with Gasteiger partial charge in [-0.05, 0) is 0 Å². The zero-order valence-corrected chi connectivity index (χ0v) is 4.90. The van der Waals surface area contributed by atoms with Gasteiger partial charge in [-0.2, -0.15) is 0 Å². The fourth-order valence-electron chi connectivity index (χ4n) is 0.584. The maximum Gasteiger partial charge on any atom is 0.261 e. The lowest BCUT2D eigenvalue weighted by molar-refractivity contribution is 0.298. The van der Waals surface area contributed by atoms with Crippen LogP contribution in [0.3, 0.4) is 0 Å². The quantitative estimate of drug-likeness (QED) is 0.503. The van der Waals surface area contributed by atoms with Gasteiger partial charge in [0.2, 0.25) is 0 Å². The highest BCUT2D eigenvalue weighted by Gasteiger charge is 2.08. The van der Waals surface area contributed by atoms with Crippen LogP contribution in [0, 0.1) is 0 Å². The summed E-state index contributed by atoms with van der Waals surface area (Å²) in [5.41, 5.74) is 0. The normalized spacial score (nSPS) is 9.60. The number of phenols is 3. The van der Waals surface area contributed by atoms with Crippen molar-refractivity contribution in [2.45, 2.75) is 0 Å². The Morgan fingerprint density at radius 1 is 1.00 bits per heavy atom. The van der Waals surface area contributed by atoms with Crippen LogP contribution in [0.25, 0.3) is 0 Å². The van der Waals surface area contributed by atoms with Gasteiger partial charge in [0.1, 0.15) is 5.75 Å². The van der Waals surface area contributed by atoms with Crippen molar-refractivity contribution in [2.24, 2.45) is 0 Å². The van der Waals surface area contributed by atoms with E-state index in [1.807, 2.05) is 0 Å². The number of rotatable bonds is 0. The summed E-state index contributed by atoms with van der Waals surface area (Å²) in [6.45, 7) is 0. The maximum atomic E-state index is 10.5. The van der Waals surface area contributed by atoms with E-state index >= 15 is 0 Å². The predicted molar refractivity (Wildman–Crippen MR) is 31.6 cm³/mol. The molecule has 0 saturated carbocycles. The van der Waals surface area contributed by atoms with E-state index in [4.69, 9.17) is 15.3 Å². The first-order valence-electron chi connectivity index (χ1n) is 2.53. The van der Waals surface area contributed by atoms with Gasteiger partial charge in [-0.1, -0.05) is 0 Å². The minimum Gasteiger partial charge on any atom is -0.508 e. The van der Waals surface area contributed by atoms with Gasteiger partial charge in [0, 0.05) is 12.1 Å². The van der Waals surface area contributed by atoms with E-state index < -0.39 is 17.2 Å². The fourth-order valence-corrected chi connectivity index (χ4v) is 0.584. The van der Waals surface area contributed by atoms with Crippen molar-refractivity contribution >= 4 is 0 Å². The molecule has 3 N–H and O–H groups in total. The lowest BCUT2D eigenvalue weighted by atomic mass is 10.3. The Morgan fingerprint density at radius 2 is 1.40 bits per heavy atom. The summed E-state index contributed by atoms with van der Waals surface area (Å²) in [5, 5.41) is 36.5. The first-order valence-corrected chi connectivity index (χ1v) is 2.53. The standard InChI is InChI=1S/C6H5O4/c7-3-1-4(8)6(10)5(9)2-3/h1-2,7-9H. The summed E-state index contributed by atoms with van der Waals surface area (Å²) >= 11 is 0. The molecule has 0 aliphatic heterocycles. The topological polar surface area (TPSA) is 80.6 Å². The highest BCUT2D eigenvalue weighted by molar-refractivity contribution is 5.52. The minimum atomic E-state index is -0.877.